The average molecular weight is 323 g/mol. The molecule has 4 bridgehead atoms. The normalized spacial score (nSPS) is 34.4. The smallest absolute Gasteiger partial charge is 0.307 e. The summed E-state index contributed by atoms with van der Waals surface area (Å²) in [6.45, 7) is 1.02. The fourth-order valence-corrected chi connectivity index (χ4v) is 5.61. The molecule has 0 aliphatic heterocycles. The highest BCUT2D eigenvalue weighted by molar-refractivity contribution is 5.84. The van der Waals surface area contributed by atoms with E-state index in [-0.39, 0.29) is 30.3 Å². The minimum absolute atomic E-state index is 0.0723. The first kappa shape index (κ1) is 16.7. The van der Waals surface area contributed by atoms with Crippen molar-refractivity contribution in [1.29, 1.82) is 0 Å². The number of rotatable bonds is 7. The third-order valence-electron chi connectivity index (χ3n) is 6.18. The second-order valence-electron chi connectivity index (χ2n) is 7.89. The molecule has 4 saturated carbocycles. The van der Waals surface area contributed by atoms with Gasteiger partial charge in [0.1, 0.15) is 0 Å². The molecule has 0 heterocycles. The van der Waals surface area contributed by atoms with Crippen LogP contribution in [0.5, 0.6) is 0 Å². The van der Waals surface area contributed by atoms with Crippen molar-refractivity contribution in [2.45, 2.75) is 51.4 Å². The number of methoxy groups -OCH3 is 1. The van der Waals surface area contributed by atoms with Crippen LogP contribution in [0.3, 0.4) is 0 Å². The molecular formula is C18H29NO4. The van der Waals surface area contributed by atoms with Crippen molar-refractivity contribution in [3.63, 3.8) is 0 Å². The van der Waals surface area contributed by atoms with E-state index in [1.54, 1.807) is 0 Å². The Hall–Kier alpha value is -1.10. The molecule has 0 saturated heterocycles. The maximum absolute atomic E-state index is 13.3. The van der Waals surface area contributed by atoms with Gasteiger partial charge in [-0.05, 0) is 62.7 Å². The average Bonchev–Trinajstić information content (AvgIpc) is 2.52. The summed E-state index contributed by atoms with van der Waals surface area (Å²) in [5, 5.41) is 9.12. The molecule has 0 radical (unpaired) electrons. The molecule has 0 spiro atoms. The van der Waals surface area contributed by atoms with Gasteiger partial charge < -0.3 is 14.7 Å². The Morgan fingerprint density at radius 3 is 2.13 bits per heavy atom. The predicted octanol–water partition coefficient (Wildman–Crippen LogP) is 1.98. The van der Waals surface area contributed by atoms with Crippen LogP contribution in [0.2, 0.25) is 0 Å². The zero-order valence-corrected chi connectivity index (χ0v) is 14.1. The molecule has 4 rings (SSSR count). The topological polar surface area (TPSA) is 66.8 Å². The van der Waals surface area contributed by atoms with Crippen LogP contribution in [0.4, 0.5) is 0 Å². The number of hydrogen-bond donors (Lipinski definition) is 1. The number of amides is 1. The van der Waals surface area contributed by atoms with Gasteiger partial charge in [0.05, 0.1) is 18.9 Å². The number of ether oxygens (including phenoxy) is 1. The first-order valence-corrected chi connectivity index (χ1v) is 9.03. The molecule has 5 nitrogen and oxygen atoms in total. The fraction of sp³-hybridized carbons (Fsp3) is 0.889. The Balaban J connectivity index is 1.70. The summed E-state index contributed by atoms with van der Waals surface area (Å²) in [4.78, 5) is 26.6. The van der Waals surface area contributed by atoms with E-state index in [9.17, 15) is 9.59 Å². The second-order valence-corrected chi connectivity index (χ2v) is 7.89. The van der Waals surface area contributed by atoms with Gasteiger partial charge in [0.25, 0.3) is 0 Å². The lowest BCUT2D eigenvalue weighted by Crippen LogP contribution is -2.55. The summed E-state index contributed by atoms with van der Waals surface area (Å²) in [6, 6.07) is 0. The Kier molecular flexibility index (Phi) is 4.95. The molecule has 4 aliphatic rings. The van der Waals surface area contributed by atoms with Crippen molar-refractivity contribution < 1.29 is 19.4 Å². The Bertz CT molecular complexity index is 427. The van der Waals surface area contributed by atoms with Crippen molar-refractivity contribution in [2.75, 3.05) is 26.8 Å². The molecule has 1 N–H and O–H groups in total. The van der Waals surface area contributed by atoms with Crippen molar-refractivity contribution in [3.8, 4) is 0 Å². The highest BCUT2D eigenvalue weighted by atomic mass is 16.5. The van der Waals surface area contributed by atoms with Crippen LogP contribution in [0, 0.1) is 23.2 Å². The van der Waals surface area contributed by atoms with E-state index in [1.807, 2.05) is 4.90 Å². The van der Waals surface area contributed by atoms with Gasteiger partial charge in [0.2, 0.25) is 5.91 Å². The molecule has 4 fully saturated rings. The van der Waals surface area contributed by atoms with Gasteiger partial charge in [-0.1, -0.05) is 0 Å². The number of esters is 1. The molecule has 0 aromatic carbocycles. The molecule has 0 aromatic rings. The van der Waals surface area contributed by atoms with Gasteiger partial charge >= 0.3 is 5.97 Å². The molecule has 1 amide bonds. The number of aliphatic hydroxyl groups excluding tert-OH is 1. The zero-order valence-electron chi connectivity index (χ0n) is 14.1. The van der Waals surface area contributed by atoms with Crippen molar-refractivity contribution in [2.24, 2.45) is 23.2 Å². The lowest BCUT2D eigenvalue weighted by Gasteiger charge is -2.56. The minimum Gasteiger partial charge on any atom is -0.469 e. The van der Waals surface area contributed by atoms with Crippen LogP contribution < -0.4 is 0 Å². The molecule has 0 aromatic heterocycles. The van der Waals surface area contributed by atoms with E-state index in [1.165, 1.54) is 26.4 Å². The van der Waals surface area contributed by atoms with E-state index >= 15 is 0 Å². The highest BCUT2D eigenvalue weighted by Crippen LogP contribution is 2.60. The molecular weight excluding hydrogens is 294 g/mol. The van der Waals surface area contributed by atoms with Crippen molar-refractivity contribution >= 4 is 11.9 Å². The number of hydrogen-bond acceptors (Lipinski definition) is 4. The third-order valence-corrected chi connectivity index (χ3v) is 6.18. The lowest BCUT2D eigenvalue weighted by molar-refractivity contribution is -0.158. The first-order chi connectivity index (χ1) is 11.1. The minimum atomic E-state index is -0.280. The molecule has 23 heavy (non-hydrogen) atoms. The maximum Gasteiger partial charge on any atom is 0.307 e. The van der Waals surface area contributed by atoms with E-state index in [0.29, 0.717) is 19.5 Å². The number of aliphatic hydroxyl groups is 1. The van der Waals surface area contributed by atoms with E-state index < -0.39 is 0 Å². The van der Waals surface area contributed by atoms with Crippen LogP contribution in [-0.4, -0.2) is 48.7 Å². The van der Waals surface area contributed by atoms with Gasteiger partial charge in [0.15, 0.2) is 0 Å². The SMILES string of the molecule is COC(=O)CCN(CCCO)C(=O)C12CC3CC(CC(C3)C1)C2. The van der Waals surface area contributed by atoms with Crippen LogP contribution in [-0.2, 0) is 14.3 Å². The highest BCUT2D eigenvalue weighted by Gasteiger charge is 2.55. The van der Waals surface area contributed by atoms with Crippen molar-refractivity contribution in [1.82, 2.24) is 4.90 Å². The number of carbonyl (C=O) groups excluding carboxylic acids is 2. The Labute approximate surface area is 138 Å². The summed E-state index contributed by atoms with van der Waals surface area (Å²) in [6.07, 6.45) is 7.84. The predicted molar refractivity (Wildman–Crippen MR) is 85.5 cm³/mol. The standard InChI is InChI=1S/C18H29NO4/c1-23-16(21)3-5-19(4-2-6-20)17(22)18-10-13-7-14(11-18)9-15(8-13)12-18/h13-15,20H,2-12H2,1H3. The molecule has 4 aliphatic carbocycles. The Morgan fingerprint density at radius 1 is 1.09 bits per heavy atom. The van der Waals surface area contributed by atoms with E-state index in [0.717, 1.165) is 37.0 Å². The van der Waals surface area contributed by atoms with Crippen LogP contribution >= 0.6 is 0 Å². The monoisotopic (exact) mass is 323 g/mol. The van der Waals surface area contributed by atoms with Crippen molar-refractivity contribution in [3.05, 3.63) is 0 Å². The molecule has 130 valence electrons. The molecule has 5 heteroatoms. The maximum atomic E-state index is 13.3. The van der Waals surface area contributed by atoms with Gasteiger partial charge in [-0.3, -0.25) is 9.59 Å². The number of nitrogens with zero attached hydrogens (tertiary/aromatic N) is 1. The Morgan fingerprint density at radius 2 is 1.65 bits per heavy atom. The largest absolute Gasteiger partial charge is 0.469 e. The fourth-order valence-electron chi connectivity index (χ4n) is 5.61. The summed E-state index contributed by atoms with van der Waals surface area (Å²) in [5.74, 6) is 2.13. The van der Waals surface area contributed by atoms with Gasteiger partial charge in [-0.25, -0.2) is 0 Å². The molecule has 0 unspecified atom stereocenters. The summed E-state index contributed by atoms with van der Waals surface area (Å²) in [7, 11) is 1.38. The quantitative estimate of drug-likeness (QED) is 0.728. The zero-order chi connectivity index (χ0) is 16.4. The van der Waals surface area contributed by atoms with E-state index in [4.69, 9.17) is 9.84 Å². The number of carbonyl (C=O) groups is 2. The summed E-state index contributed by atoms with van der Waals surface area (Å²) >= 11 is 0. The van der Waals surface area contributed by atoms with Gasteiger partial charge in [-0.2, -0.15) is 0 Å². The summed E-state index contributed by atoms with van der Waals surface area (Å²) in [5.41, 5.74) is -0.180. The second kappa shape index (κ2) is 6.80. The van der Waals surface area contributed by atoms with Crippen LogP contribution in [0.25, 0.3) is 0 Å². The van der Waals surface area contributed by atoms with E-state index in [2.05, 4.69) is 0 Å². The first-order valence-electron chi connectivity index (χ1n) is 9.03. The lowest BCUT2D eigenvalue weighted by atomic mass is 9.49. The van der Waals surface area contributed by atoms with Crippen LogP contribution in [0.1, 0.15) is 51.4 Å². The summed E-state index contributed by atoms with van der Waals surface area (Å²) < 4.78 is 4.71. The van der Waals surface area contributed by atoms with Gasteiger partial charge in [-0.15, -0.1) is 0 Å². The molecule has 0 atom stereocenters. The third kappa shape index (κ3) is 3.39. The van der Waals surface area contributed by atoms with Crippen LogP contribution in [0.15, 0.2) is 0 Å². The van der Waals surface area contributed by atoms with Gasteiger partial charge in [0, 0.05) is 19.7 Å².